The van der Waals surface area contributed by atoms with Crippen molar-refractivity contribution in [1.29, 1.82) is 0 Å². The summed E-state index contributed by atoms with van der Waals surface area (Å²) in [5, 5.41) is 4.08. The third-order valence-electron chi connectivity index (χ3n) is 2.76. The fourth-order valence-corrected chi connectivity index (χ4v) is 2.24. The lowest BCUT2D eigenvalue weighted by Crippen LogP contribution is -2.23. The first-order chi connectivity index (χ1) is 7.20. The summed E-state index contributed by atoms with van der Waals surface area (Å²) in [5.74, 6) is 0.583. The van der Waals surface area contributed by atoms with Gasteiger partial charge in [0, 0.05) is 18.4 Å². The highest BCUT2D eigenvalue weighted by Crippen LogP contribution is 2.29. The van der Waals surface area contributed by atoms with Gasteiger partial charge in [-0.15, -0.1) is 0 Å². The van der Waals surface area contributed by atoms with Crippen LogP contribution in [0.3, 0.4) is 0 Å². The average Bonchev–Trinajstić information content (AvgIpc) is 2.22. The second-order valence-corrected chi connectivity index (χ2v) is 4.34. The van der Waals surface area contributed by atoms with Crippen molar-refractivity contribution >= 4 is 11.6 Å². The molecule has 2 unspecified atom stereocenters. The van der Waals surface area contributed by atoms with Gasteiger partial charge in [0.1, 0.15) is 0 Å². The number of aromatic nitrogens is 1. The lowest BCUT2D eigenvalue weighted by atomic mass is 9.92. The number of halogens is 1. The van der Waals surface area contributed by atoms with E-state index in [2.05, 4.69) is 24.1 Å². The van der Waals surface area contributed by atoms with E-state index in [1.165, 1.54) is 12.8 Å². The molecular formula is C12H19ClN2. The fraction of sp³-hybridized carbons (Fsp3) is 0.583. The van der Waals surface area contributed by atoms with Gasteiger partial charge in [-0.2, -0.15) is 0 Å². The molecular weight excluding hydrogens is 208 g/mol. The summed E-state index contributed by atoms with van der Waals surface area (Å²) in [6, 6.07) is 2.32. The molecule has 0 aromatic carbocycles. The molecule has 0 bridgehead atoms. The van der Waals surface area contributed by atoms with Gasteiger partial charge in [0.15, 0.2) is 0 Å². The molecule has 3 heteroatoms. The Labute approximate surface area is 97.1 Å². The van der Waals surface area contributed by atoms with E-state index in [0.717, 1.165) is 10.6 Å². The first kappa shape index (κ1) is 12.5. The van der Waals surface area contributed by atoms with Gasteiger partial charge in [-0.3, -0.25) is 4.98 Å². The minimum absolute atomic E-state index is 0.320. The van der Waals surface area contributed by atoms with E-state index in [9.17, 15) is 0 Å². The minimum atomic E-state index is 0.320. The van der Waals surface area contributed by atoms with Crippen LogP contribution in [0.5, 0.6) is 0 Å². The number of nitrogens with zero attached hydrogens (tertiary/aromatic N) is 1. The smallest absolute Gasteiger partial charge is 0.0637 e. The van der Waals surface area contributed by atoms with Crippen molar-refractivity contribution in [3.8, 4) is 0 Å². The molecule has 84 valence electrons. The highest BCUT2D eigenvalue weighted by atomic mass is 35.5. The van der Waals surface area contributed by atoms with Crippen molar-refractivity contribution in [2.45, 2.75) is 32.7 Å². The van der Waals surface area contributed by atoms with Crippen LogP contribution in [0.25, 0.3) is 0 Å². The van der Waals surface area contributed by atoms with E-state index in [0.29, 0.717) is 12.0 Å². The van der Waals surface area contributed by atoms with Crippen LogP contribution in [0, 0.1) is 5.92 Å². The van der Waals surface area contributed by atoms with Gasteiger partial charge in [0.2, 0.25) is 0 Å². The zero-order chi connectivity index (χ0) is 11.3. The predicted molar refractivity (Wildman–Crippen MR) is 65.1 cm³/mol. The number of hydrogen-bond donors (Lipinski definition) is 1. The van der Waals surface area contributed by atoms with Crippen LogP contribution >= 0.6 is 11.6 Å². The lowest BCUT2D eigenvalue weighted by Gasteiger charge is -2.24. The van der Waals surface area contributed by atoms with Gasteiger partial charge in [-0.25, -0.2) is 0 Å². The lowest BCUT2D eigenvalue weighted by molar-refractivity contribution is 0.384. The number of nitrogens with one attached hydrogen (secondary N) is 1. The van der Waals surface area contributed by atoms with E-state index in [1.807, 2.05) is 13.1 Å². The highest BCUT2D eigenvalue weighted by molar-refractivity contribution is 6.31. The Morgan fingerprint density at radius 2 is 2.27 bits per heavy atom. The molecule has 0 saturated carbocycles. The maximum Gasteiger partial charge on any atom is 0.0637 e. The highest BCUT2D eigenvalue weighted by Gasteiger charge is 2.18. The van der Waals surface area contributed by atoms with Crippen LogP contribution < -0.4 is 5.32 Å². The van der Waals surface area contributed by atoms with Gasteiger partial charge in [0.25, 0.3) is 0 Å². The maximum absolute atomic E-state index is 6.14. The van der Waals surface area contributed by atoms with Crippen molar-refractivity contribution in [3.05, 3.63) is 29.0 Å². The first-order valence-electron chi connectivity index (χ1n) is 5.47. The topological polar surface area (TPSA) is 24.9 Å². The molecule has 0 fully saturated rings. The molecule has 15 heavy (non-hydrogen) atoms. The van der Waals surface area contributed by atoms with Crippen molar-refractivity contribution in [2.24, 2.45) is 5.92 Å². The van der Waals surface area contributed by atoms with E-state index in [-0.39, 0.29) is 0 Å². The largest absolute Gasteiger partial charge is 0.313 e. The molecule has 1 N–H and O–H groups in total. The summed E-state index contributed by atoms with van der Waals surface area (Å²) in [4.78, 5) is 4.01. The molecule has 0 aliphatic rings. The van der Waals surface area contributed by atoms with Crippen LogP contribution in [0.2, 0.25) is 5.02 Å². The van der Waals surface area contributed by atoms with Gasteiger partial charge in [0.05, 0.1) is 5.02 Å². The Kier molecular flexibility index (Phi) is 5.06. The van der Waals surface area contributed by atoms with Gasteiger partial charge in [-0.1, -0.05) is 31.9 Å². The molecule has 0 amide bonds. The second-order valence-electron chi connectivity index (χ2n) is 3.93. The Morgan fingerprint density at radius 1 is 1.53 bits per heavy atom. The van der Waals surface area contributed by atoms with Crippen molar-refractivity contribution < 1.29 is 0 Å². The molecule has 2 nitrogen and oxygen atoms in total. The summed E-state index contributed by atoms with van der Waals surface area (Å²) in [5.41, 5.74) is 1.15. The summed E-state index contributed by atoms with van der Waals surface area (Å²) < 4.78 is 0. The fourth-order valence-electron chi connectivity index (χ4n) is 2.01. The zero-order valence-electron chi connectivity index (χ0n) is 9.63. The third kappa shape index (κ3) is 3.18. The average molecular weight is 227 g/mol. The SMILES string of the molecule is CCCC(C)C(NC)c1ccncc1Cl. The second kappa shape index (κ2) is 6.09. The standard InChI is InChI=1S/C12H19ClN2/c1-4-5-9(2)12(14-3)10-6-7-15-8-11(10)13/h6-9,12,14H,4-5H2,1-3H3. The Bertz CT molecular complexity index is 301. The molecule has 1 rings (SSSR count). The monoisotopic (exact) mass is 226 g/mol. The van der Waals surface area contributed by atoms with Crippen LogP contribution in [0.4, 0.5) is 0 Å². The van der Waals surface area contributed by atoms with E-state index in [1.54, 1.807) is 12.4 Å². The summed E-state index contributed by atoms with van der Waals surface area (Å²) in [7, 11) is 1.98. The molecule has 0 aliphatic carbocycles. The minimum Gasteiger partial charge on any atom is -0.313 e. The Hall–Kier alpha value is -0.600. The molecule has 2 atom stereocenters. The molecule has 1 aromatic heterocycles. The first-order valence-corrected chi connectivity index (χ1v) is 5.85. The normalized spacial score (nSPS) is 14.9. The van der Waals surface area contributed by atoms with E-state index < -0.39 is 0 Å². The molecule has 1 heterocycles. The van der Waals surface area contributed by atoms with Crippen LogP contribution in [0.15, 0.2) is 18.5 Å². The summed E-state index contributed by atoms with van der Waals surface area (Å²) >= 11 is 6.14. The van der Waals surface area contributed by atoms with Crippen LogP contribution in [0.1, 0.15) is 38.3 Å². The van der Waals surface area contributed by atoms with Crippen molar-refractivity contribution in [3.63, 3.8) is 0 Å². The van der Waals surface area contributed by atoms with E-state index in [4.69, 9.17) is 11.6 Å². The molecule has 0 spiro atoms. The Morgan fingerprint density at radius 3 is 2.80 bits per heavy atom. The van der Waals surface area contributed by atoms with Crippen molar-refractivity contribution in [1.82, 2.24) is 10.3 Å². The predicted octanol–water partition coefficient (Wildman–Crippen LogP) is 3.43. The van der Waals surface area contributed by atoms with Gasteiger partial charge < -0.3 is 5.32 Å². The third-order valence-corrected chi connectivity index (χ3v) is 3.08. The van der Waals surface area contributed by atoms with Crippen LogP contribution in [-0.2, 0) is 0 Å². The molecule has 0 radical (unpaired) electrons. The number of rotatable bonds is 5. The molecule has 0 saturated heterocycles. The molecule has 1 aromatic rings. The van der Waals surface area contributed by atoms with Gasteiger partial charge in [-0.05, 0) is 31.0 Å². The van der Waals surface area contributed by atoms with Crippen molar-refractivity contribution in [2.75, 3.05) is 7.05 Å². The van der Waals surface area contributed by atoms with Crippen LogP contribution in [-0.4, -0.2) is 12.0 Å². The summed E-state index contributed by atoms with van der Waals surface area (Å²) in [6.07, 6.45) is 5.90. The Balaban J connectivity index is 2.87. The summed E-state index contributed by atoms with van der Waals surface area (Å²) in [6.45, 7) is 4.46. The van der Waals surface area contributed by atoms with Gasteiger partial charge >= 0.3 is 0 Å². The zero-order valence-corrected chi connectivity index (χ0v) is 10.4. The van der Waals surface area contributed by atoms with E-state index >= 15 is 0 Å². The quantitative estimate of drug-likeness (QED) is 0.832. The number of pyridine rings is 1. The number of hydrogen-bond acceptors (Lipinski definition) is 2. The maximum atomic E-state index is 6.14. The molecule has 0 aliphatic heterocycles.